The summed E-state index contributed by atoms with van der Waals surface area (Å²) in [7, 11) is 0. The summed E-state index contributed by atoms with van der Waals surface area (Å²) >= 11 is 0. The van der Waals surface area contributed by atoms with Crippen molar-refractivity contribution in [3.05, 3.63) is 71.8 Å². The summed E-state index contributed by atoms with van der Waals surface area (Å²) in [5.74, 6) is -3.61. The number of nitrogens with one attached hydrogen (secondary N) is 4. The molecule has 11 heteroatoms. The Kier molecular flexibility index (Phi) is 13.0. The molecule has 0 unspecified atom stereocenters. The standard InChI is InChI=1S/C30H41N5O6/c1-5-24(37)32-23(17-21-14-10-7-11-15-21)28(39)35-26(19(4)36)30(41)34-25(18(2)3)29(40)33-22(27(31)38)16-20-12-8-6-9-13-20/h6-15,18-19,22-23,25-26,36H,5,16-17H2,1-4H3,(H2,31,38)(H,32,37)(H,33,40)(H,34,41)(H,35,39)/t19-,22+,23+,25+,26+/m1/s1. The summed E-state index contributed by atoms with van der Waals surface area (Å²) < 4.78 is 0. The number of rotatable bonds is 15. The molecule has 0 aromatic heterocycles. The molecule has 5 atom stereocenters. The summed E-state index contributed by atoms with van der Waals surface area (Å²) in [6, 6.07) is 13.5. The van der Waals surface area contributed by atoms with Crippen LogP contribution in [0.25, 0.3) is 0 Å². The molecule has 5 amide bonds. The van der Waals surface area contributed by atoms with Gasteiger partial charge in [-0.05, 0) is 24.0 Å². The van der Waals surface area contributed by atoms with Crippen molar-refractivity contribution < 1.29 is 29.1 Å². The second-order valence-electron chi connectivity index (χ2n) is 10.3. The Morgan fingerprint density at radius 1 is 0.683 bits per heavy atom. The zero-order valence-electron chi connectivity index (χ0n) is 23.9. The minimum Gasteiger partial charge on any atom is -0.391 e. The lowest BCUT2D eigenvalue weighted by Gasteiger charge is -2.29. The first-order valence-corrected chi connectivity index (χ1v) is 13.7. The van der Waals surface area contributed by atoms with Gasteiger partial charge in [-0.3, -0.25) is 24.0 Å². The van der Waals surface area contributed by atoms with Gasteiger partial charge in [0.1, 0.15) is 24.2 Å². The average molecular weight is 568 g/mol. The molecular formula is C30H41N5O6. The van der Waals surface area contributed by atoms with Crippen LogP contribution in [0.4, 0.5) is 0 Å². The molecule has 0 fully saturated rings. The molecule has 2 aromatic carbocycles. The highest BCUT2D eigenvalue weighted by molar-refractivity contribution is 5.95. The van der Waals surface area contributed by atoms with Crippen LogP contribution in [0.3, 0.4) is 0 Å². The summed E-state index contributed by atoms with van der Waals surface area (Å²) in [6.07, 6.45) is -0.843. The third-order valence-electron chi connectivity index (χ3n) is 6.51. The maximum Gasteiger partial charge on any atom is 0.245 e. The van der Waals surface area contributed by atoms with Gasteiger partial charge in [-0.1, -0.05) is 81.4 Å². The van der Waals surface area contributed by atoms with Crippen LogP contribution < -0.4 is 27.0 Å². The molecular weight excluding hydrogens is 526 g/mol. The van der Waals surface area contributed by atoms with Crippen molar-refractivity contribution >= 4 is 29.5 Å². The van der Waals surface area contributed by atoms with Crippen LogP contribution in [0.1, 0.15) is 45.2 Å². The molecule has 2 aromatic rings. The van der Waals surface area contributed by atoms with E-state index < -0.39 is 59.8 Å². The van der Waals surface area contributed by atoms with E-state index in [0.29, 0.717) is 0 Å². The Hall–Kier alpha value is -4.25. The molecule has 0 aliphatic carbocycles. The first kappa shape index (κ1) is 33.0. The van der Waals surface area contributed by atoms with E-state index >= 15 is 0 Å². The second kappa shape index (κ2) is 16.1. The van der Waals surface area contributed by atoms with E-state index in [1.807, 2.05) is 12.1 Å². The van der Waals surface area contributed by atoms with E-state index in [1.54, 1.807) is 69.3 Å². The summed E-state index contributed by atoms with van der Waals surface area (Å²) in [4.78, 5) is 63.9. The minimum atomic E-state index is -1.43. The van der Waals surface area contributed by atoms with Gasteiger partial charge in [0, 0.05) is 19.3 Å². The third kappa shape index (κ3) is 10.7. The van der Waals surface area contributed by atoms with Crippen molar-refractivity contribution in [2.75, 3.05) is 0 Å². The van der Waals surface area contributed by atoms with Gasteiger partial charge in [-0.15, -0.1) is 0 Å². The van der Waals surface area contributed by atoms with Gasteiger partial charge in [-0.25, -0.2) is 0 Å². The highest BCUT2D eigenvalue weighted by Crippen LogP contribution is 2.09. The number of hydrogen-bond donors (Lipinski definition) is 6. The normalized spacial score (nSPS) is 14.6. The Morgan fingerprint density at radius 3 is 1.59 bits per heavy atom. The molecule has 0 saturated heterocycles. The zero-order valence-corrected chi connectivity index (χ0v) is 23.9. The van der Waals surface area contributed by atoms with Crippen molar-refractivity contribution in [3.8, 4) is 0 Å². The number of carbonyl (C=O) groups excluding carboxylic acids is 5. The van der Waals surface area contributed by atoms with Crippen LogP contribution in [0.2, 0.25) is 0 Å². The average Bonchev–Trinajstić information content (AvgIpc) is 2.94. The second-order valence-corrected chi connectivity index (χ2v) is 10.3. The highest BCUT2D eigenvalue weighted by Gasteiger charge is 2.34. The Bertz CT molecular complexity index is 1170. The fraction of sp³-hybridized carbons (Fsp3) is 0.433. The summed E-state index contributed by atoms with van der Waals surface area (Å²) in [5, 5.41) is 20.7. The van der Waals surface area contributed by atoms with E-state index in [9.17, 15) is 29.1 Å². The van der Waals surface area contributed by atoms with Crippen molar-refractivity contribution in [1.82, 2.24) is 21.3 Å². The number of benzene rings is 2. The van der Waals surface area contributed by atoms with Crippen LogP contribution in [0.15, 0.2) is 60.7 Å². The van der Waals surface area contributed by atoms with Gasteiger partial charge in [0.05, 0.1) is 6.10 Å². The molecule has 41 heavy (non-hydrogen) atoms. The maximum atomic E-state index is 13.3. The number of aliphatic hydroxyl groups is 1. The zero-order chi connectivity index (χ0) is 30.5. The predicted molar refractivity (Wildman–Crippen MR) is 154 cm³/mol. The first-order valence-electron chi connectivity index (χ1n) is 13.7. The minimum absolute atomic E-state index is 0.153. The quantitative estimate of drug-likeness (QED) is 0.181. The van der Waals surface area contributed by atoms with Crippen LogP contribution in [-0.4, -0.2) is 64.9 Å². The molecule has 0 aliphatic heterocycles. The fourth-order valence-electron chi connectivity index (χ4n) is 4.13. The van der Waals surface area contributed by atoms with Gasteiger partial charge in [0.2, 0.25) is 29.5 Å². The molecule has 2 rings (SSSR count). The Morgan fingerprint density at radius 2 is 1.15 bits per heavy atom. The van der Waals surface area contributed by atoms with Gasteiger partial charge in [0.25, 0.3) is 0 Å². The van der Waals surface area contributed by atoms with E-state index in [1.165, 1.54) is 6.92 Å². The molecule has 0 heterocycles. The molecule has 0 radical (unpaired) electrons. The van der Waals surface area contributed by atoms with Crippen LogP contribution in [0.5, 0.6) is 0 Å². The van der Waals surface area contributed by atoms with Crippen molar-refractivity contribution in [2.45, 2.75) is 77.2 Å². The number of amides is 5. The smallest absolute Gasteiger partial charge is 0.245 e. The van der Waals surface area contributed by atoms with Crippen LogP contribution in [-0.2, 0) is 36.8 Å². The molecule has 222 valence electrons. The SMILES string of the molecule is CCC(=O)N[C@@H](Cc1ccccc1)C(=O)N[C@H](C(=O)N[C@H](C(=O)N[C@@H](Cc1ccccc1)C(N)=O)C(C)C)[C@@H](C)O. The van der Waals surface area contributed by atoms with Crippen LogP contribution in [0, 0.1) is 5.92 Å². The Labute approximate surface area is 240 Å². The van der Waals surface area contributed by atoms with Gasteiger partial charge in [0.15, 0.2) is 0 Å². The van der Waals surface area contributed by atoms with E-state index in [4.69, 9.17) is 5.73 Å². The molecule has 0 aliphatic rings. The van der Waals surface area contributed by atoms with Crippen molar-refractivity contribution in [3.63, 3.8) is 0 Å². The van der Waals surface area contributed by atoms with Gasteiger partial charge in [-0.2, -0.15) is 0 Å². The largest absolute Gasteiger partial charge is 0.391 e. The predicted octanol–water partition coefficient (Wildman–Crippen LogP) is 0.343. The van der Waals surface area contributed by atoms with Gasteiger partial charge >= 0.3 is 0 Å². The molecule has 11 nitrogen and oxygen atoms in total. The highest BCUT2D eigenvalue weighted by atomic mass is 16.3. The first-order chi connectivity index (χ1) is 19.4. The maximum absolute atomic E-state index is 13.3. The molecule has 0 saturated carbocycles. The van der Waals surface area contributed by atoms with Crippen LogP contribution >= 0.6 is 0 Å². The lowest BCUT2D eigenvalue weighted by Crippen LogP contribution is -2.61. The fourth-order valence-corrected chi connectivity index (χ4v) is 4.13. The third-order valence-corrected chi connectivity index (χ3v) is 6.51. The molecule has 7 N–H and O–H groups in total. The lowest BCUT2D eigenvalue weighted by molar-refractivity contribution is -0.136. The Balaban J connectivity index is 2.16. The van der Waals surface area contributed by atoms with Crippen molar-refractivity contribution in [2.24, 2.45) is 11.7 Å². The number of nitrogens with two attached hydrogens (primary N) is 1. The van der Waals surface area contributed by atoms with E-state index in [0.717, 1.165) is 11.1 Å². The number of hydrogen-bond acceptors (Lipinski definition) is 6. The lowest BCUT2D eigenvalue weighted by atomic mass is 10.00. The molecule has 0 spiro atoms. The number of primary amides is 1. The molecule has 0 bridgehead atoms. The van der Waals surface area contributed by atoms with Crippen molar-refractivity contribution in [1.29, 1.82) is 0 Å². The monoisotopic (exact) mass is 567 g/mol. The number of aliphatic hydroxyl groups excluding tert-OH is 1. The summed E-state index contributed by atoms with van der Waals surface area (Å²) in [6.45, 7) is 6.38. The van der Waals surface area contributed by atoms with Gasteiger partial charge < -0.3 is 32.1 Å². The van der Waals surface area contributed by atoms with E-state index in [-0.39, 0.29) is 25.2 Å². The number of carbonyl (C=O) groups is 5. The topological polar surface area (TPSA) is 180 Å². The van der Waals surface area contributed by atoms with E-state index in [2.05, 4.69) is 21.3 Å². The summed E-state index contributed by atoms with van der Waals surface area (Å²) in [5.41, 5.74) is 7.11.